The number of nitrogens with one attached hydrogen (secondary N) is 1. The molecule has 3 rings (SSSR count). The van der Waals surface area contributed by atoms with Crippen LogP contribution >= 0.6 is 0 Å². The third-order valence-corrected chi connectivity index (χ3v) is 6.16. The Bertz CT molecular complexity index is 1230. The SMILES string of the molecule is COc1ccc(NS(=O)(=O)c2cccc(C(=O)N(C)Cc3ccc(C(F)(F)F)cc3)c2)cc1. The summed E-state index contributed by atoms with van der Waals surface area (Å²) in [5, 5.41) is 0. The number of methoxy groups -OCH3 is 1. The Morgan fingerprint density at radius 2 is 1.64 bits per heavy atom. The lowest BCUT2D eigenvalue weighted by atomic mass is 10.1. The van der Waals surface area contributed by atoms with Crippen LogP contribution in [-0.2, 0) is 22.7 Å². The van der Waals surface area contributed by atoms with Crippen LogP contribution < -0.4 is 9.46 Å². The Labute approximate surface area is 189 Å². The van der Waals surface area contributed by atoms with Crippen molar-refractivity contribution in [2.45, 2.75) is 17.6 Å². The molecule has 6 nitrogen and oxygen atoms in total. The minimum absolute atomic E-state index is 0.0536. The van der Waals surface area contributed by atoms with Crippen LogP contribution in [0.15, 0.2) is 77.7 Å². The zero-order chi connectivity index (χ0) is 24.2. The number of carbonyl (C=O) groups excluding carboxylic acids is 1. The molecular formula is C23H21F3N2O4S. The number of rotatable bonds is 7. The third kappa shape index (κ3) is 6.04. The molecule has 0 aliphatic rings. The summed E-state index contributed by atoms with van der Waals surface area (Å²) in [4.78, 5) is 14.0. The van der Waals surface area contributed by atoms with E-state index in [1.807, 2.05) is 0 Å². The van der Waals surface area contributed by atoms with E-state index in [1.165, 1.54) is 55.5 Å². The first-order chi connectivity index (χ1) is 15.5. The fraction of sp³-hybridized carbons (Fsp3) is 0.174. The number of anilines is 1. The molecular weight excluding hydrogens is 457 g/mol. The van der Waals surface area contributed by atoms with Gasteiger partial charge in [-0.05, 0) is 60.2 Å². The topological polar surface area (TPSA) is 75.7 Å². The maximum absolute atomic E-state index is 12.8. The predicted octanol–water partition coefficient (Wildman–Crippen LogP) is 4.79. The summed E-state index contributed by atoms with van der Waals surface area (Å²) in [6, 6.07) is 16.3. The lowest BCUT2D eigenvalue weighted by Gasteiger charge is -2.18. The molecule has 0 saturated carbocycles. The number of benzene rings is 3. The van der Waals surface area contributed by atoms with E-state index in [0.717, 1.165) is 12.1 Å². The van der Waals surface area contributed by atoms with Crippen molar-refractivity contribution in [2.24, 2.45) is 0 Å². The van der Waals surface area contributed by atoms with E-state index in [9.17, 15) is 26.4 Å². The molecule has 0 saturated heterocycles. The van der Waals surface area contributed by atoms with Crippen LogP contribution in [0, 0.1) is 0 Å². The number of hydrogen-bond acceptors (Lipinski definition) is 4. The van der Waals surface area contributed by atoms with E-state index in [0.29, 0.717) is 17.0 Å². The minimum atomic E-state index is -4.44. The summed E-state index contributed by atoms with van der Waals surface area (Å²) in [5.41, 5.74) is 0.181. The Morgan fingerprint density at radius 3 is 2.21 bits per heavy atom. The second-order valence-corrected chi connectivity index (χ2v) is 8.90. The van der Waals surface area contributed by atoms with Gasteiger partial charge in [-0.3, -0.25) is 9.52 Å². The number of nitrogens with zero attached hydrogens (tertiary/aromatic N) is 1. The molecule has 1 amide bonds. The summed E-state index contributed by atoms with van der Waals surface area (Å²) < 4.78 is 71.1. The van der Waals surface area contributed by atoms with E-state index in [4.69, 9.17) is 4.74 Å². The number of sulfonamides is 1. The predicted molar refractivity (Wildman–Crippen MR) is 117 cm³/mol. The highest BCUT2D eigenvalue weighted by atomic mass is 32.2. The molecule has 1 N–H and O–H groups in total. The summed E-state index contributed by atoms with van der Waals surface area (Å²) in [6.07, 6.45) is -4.44. The van der Waals surface area contributed by atoms with Gasteiger partial charge in [-0.2, -0.15) is 13.2 Å². The van der Waals surface area contributed by atoms with Gasteiger partial charge in [0.1, 0.15) is 5.75 Å². The highest BCUT2D eigenvalue weighted by Crippen LogP contribution is 2.29. The lowest BCUT2D eigenvalue weighted by molar-refractivity contribution is -0.137. The molecule has 0 bridgehead atoms. The van der Waals surface area contributed by atoms with E-state index in [-0.39, 0.29) is 17.0 Å². The molecule has 0 radical (unpaired) electrons. The Balaban J connectivity index is 1.73. The number of ether oxygens (including phenoxy) is 1. The van der Waals surface area contributed by atoms with Gasteiger partial charge in [0.2, 0.25) is 0 Å². The van der Waals surface area contributed by atoms with E-state index >= 15 is 0 Å². The van der Waals surface area contributed by atoms with Crippen molar-refractivity contribution >= 4 is 21.6 Å². The van der Waals surface area contributed by atoms with Crippen LogP contribution in [0.2, 0.25) is 0 Å². The molecule has 3 aromatic rings. The zero-order valence-corrected chi connectivity index (χ0v) is 18.6. The van der Waals surface area contributed by atoms with Crippen molar-refractivity contribution in [3.63, 3.8) is 0 Å². The first-order valence-electron chi connectivity index (χ1n) is 9.68. The quantitative estimate of drug-likeness (QED) is 0.530. The van der Waals surface area contributed by atoms with Gasteiger partial charge in [-0.15, -0.1) is 0 Å². The summed E-state index contributed by atoms with van der Waals surface area (Å²) in [5.74, 6) is 0.0954. The number of hydrogen-bond donors (Lipinski definition) is 1. The van der Waals surface area contributed by atoms with Gasteiger partial charge in [-0.25, -0.2) is 8.42 Å². The van der Waals surface area contributed by atoms with E-state index < -0.39 is 27.7 Å². The van der Waals surface area contributed by atoms with Gasteiger partial charge in [-0.1, -0.05) is 18.2 Å². The van der Waals surface area contributed by atoms with Gasteiger partial charge in [0, 0.05) is 24.8 Å². The molecule has 10 heteroatoms. The van der Waals surface area contributed by atoms with Crippen LogP contribution in [-0.4, -0.2) is 33.4 Å². The standard InChI is InChI=1S/C23H21F3N2O4S/c1-28(15-16-6-8-18(9-7-16)23(24,25)26)22(29)17-4-3-5-21(14-17)33(30,31)27-19-10-12-20(32-2)13-11-19/h3-14,27H,15H2,1-2H3. The van der Waals surface area contributed by atoms with Crippen LogP contribution in [0.4, 0.5) is 18.9 Å². The molecule has 0 unspecified atom stereocenters. The Hall–Kier alpha value is -3.53. The highest BCUT2D eigenvalue weighted by molar-refractivity contribution is 7.92. The minimum Gasteiger partial charge on any atom is -0.497 e. The molecule has 3 aromatic carbocycles. The Kier molecular flexibility index (Phi) is 6.97. The Morgan fingerprint density at radius 1 is 1.00 bits per heavy atom. The second kappa shape index (κ2) is 9.53. The molecule has 0 spiro atoms. The van der Waals surface area contributed by atoms with Crippen molar-refractivity contribution < 1.29 is 31.1 Å². The average molecular weight is 478 g/mol. The molecule has 0 aliphatic carbocycles. The summed E-state index contributed by atoms with van der Waals surface area (Å²) in [7, 11) is -0.981. The fourth-order valence-electron chi connectivity index (χ4n) is 3.03. The average Bonchev–Trinajstić information content (AvgIpc) is 2.78. The first-order valence-corrected chi connectivity index (χ1v) is 11.2. The van der Waals surface area contributed by atoms with Crippen LogP contribution in [0.5, 0.6) is 5.75 Å². The van der Waals surface area contributed by atoms with Gasteiger partial charge in [0.05, 0.1) is 17.6 Å². The zero-order valence-electron chi connectivity index (χ0n) is 17.8. The number of alkyl halides is 3. The normalized spacial score (nSPS) is 11.7. The summed E-state index contributed by atoms with van der Waals surface area (Å²) in [6.45, 7) is 0.0536. The fourth-order valence-corrected chi connectivity index (χ4v) is 4.14. The molecule has 0 atom stereocenters. The van der Waals surface area contributed by atoms with Crippen LogP contribution in [0.3, 0.4) is 0 Å². The molecule has 33 heavy (non-hydrogen) atoms. The van der Waals surface area contributed by atoms with Gasteiger partial charge in [0.15, 0.2) is 0 Å². The van der Waals surface area contributed by atoms with E-state index in [2.05, 4.69) is 4.72 Å². The molecule has 0 fully saturated rings. The molecule has 0 aromatic heterocycles. The van der Waals surface area contributed by atoms with E-state index in [1.54, 1.807) is 24.3 Å². The number of carbonyl (C=O) groups is 1. The monoisotopic (exact) mass is 478 g/mol. The maximum atomic E-state index is 12.8. The molecule has 0 aliphatic heterocycles. The second-order valence-electron chi connectivity index (χ2n) is 7.22. The number of amides is 1. The van der Waals surface area contributed by atoms with Crippen LogP contribution in [0.1, 0.15) is 21.5 Å². The van der Waals surface area contributed by atoms with Crippen molar-refractivity contribution in [1.29, 1.82) is 0 Å². The summed E-state index contributed by atoms with van der Waals surface area (Å²) >= 11 is 0. The van der Waals surface area contributed by atoms with Crippen LogP contribution in [0.25, 0.3) is 0 Å². The number of halogens is 3. The van der Waals surface area contributed by atoms with Crippen molar-refractivity contribution in [3.05, 3.63) is 89.5 Å². The lowest BCUT2D eigenvalue weighted by Crippen LogP contribution is -2.26. The van der Waals surface area contributed by atoms with Gasteiger partial charge in [0.25, 0.3) is 15.9 Å². The largest absolute Gasteiger partial charge is 0.497 e. The van der Waals surface area contributed by atoms with Crippen molar-refractivity contribution in [3.8, 4) is 5.75 Å². The van der Waals surface area contributed by atoms with Crippen molar-refractivity contribution in [1.82, 2.24) is 4.90 Å². The van der Waals surface area contributed by atoms with Gasteiger partial charge >= 0.3 is 6.18 Å². The first kappa shape index (κ1) is 24.1. The highest BCUT2D eigenvalue weighted by Gasteiger charge is 2.30. The van der Waals surface area contributed by atoms with Crippen molar-refractivity contribution in [2.75, 3.05) is 18.9 Å². The molecule has 174 valence electrons. The third-order valence-electron chi connectivity index (χ3n) is 4.78. The molecule has 0 heterocycles. The van der Waals surface area contributed by atoms with Gasteiger partial charge < -0.3 is 9.64 Å². The maximum Gasteiger partial charge on any atom is 0.416 e. The smallest absolute Gasteiger partial charge is 0.416 e.